The van der Waals surface area contributed by atoms with Crippen molar-refractivity contribution in [1.82, 2.24) is 0 Å². The molecular weight excluding hydrogens is 213 g/mol. The molecule has 1 aliphatic rings. The van der Waals surface area contributed by atoms with Gasteiger partial charge >= 0.3 is 5.69 Å². The standard InChI is InChI=1S/C11H10FNO3/c1-6-7-3-2-4-10(14)8(7)5-9(11(6)12)13(15)16/h5H,2-4H2,1H3. The zero-order valence-electron chi connectivity index (χ0n) is 8.75. The van der Waals surface area contributed by atoms with Crippen molar-refractivity contribution in [3.63, 3.8) is 0 Å². The number of nitro benzene ring substituents is 1. The molecule has 0 atom stereocenters. The number of rotatable bonds is 1. The van der Waals surface area contributed by atoms with E-state index in [0.29, 0.717) is 30.4 Å². The molecular formula is C11H10FNO3. The highest BCUT2D eigenvalue weighted by Gasteiger charge is 2.27. The summed E-state index contributed by atoms with van der Waals surface area (Å²) in [6, 6.07) is 1.07. The largest absolute Gasteiger partial charge is 0.305 e. The first-order chi connectivity index (χ1) is 7.52. The van der Waals surface area contributed by atoms with Gasteiger partial charge < -0.3 is 0 Å². The summed E-state index contributed by atoms with van der Waals surface area (Å²) in [5.41, 5.74) is 0.569. The molecule has 0 saturated carbocycles. The first kappa shape index (κ1) is 10.7. The first-order valence-electron chi connectivity index (χ1n) is 5.02. The predicted octanol–water partition coefficient (Wildman–Crippen LogP) is 2.56. The van der Waals surface area contributed by atoms with E-state index in [0.717, 1.165) is 6.07 Å². The smallest absolute Gasteiger partial charge is 0.294 e. The Kier molecular flexibility index (Phi) is 2.46. The van der Waals surface area contributed by atoms with Crippen molar-refractivity contribution in [2.24, 2.45) is 0 Å². The second-order valence-electron chi connectivity index (χ2n) is 3.89. The molecule has 0 aromatic heterocycles. The van der Waals surface area contributed by atoms with E-state index in [4.69, 9.17) is 0 Å². The van der Waals surface area contributed by atoms with E-state index < -0.39 is 16.4 Å². The maximum atomic E-state index is 13.6. The van der Waals surface area contributed by atoms with Crippen LogP contribution in [0.15, 0.2) is 6.07 Å². The van der Waals surface area contributed by atoms with Gasteiger partial charge in [0, 0.05) is 18.1 Å². The normalized spacial score (nSPS) is 14.8. The van der Waals surface area contributed by atoms with Crippen molar-refractivity contribution in [3.8, 4) is 0 Å². The van der Waals surface area contributed by atoms with Crippen LogP contribution in [0.3, 0.4) is 0 Å². The highest BCUT2D eigenvalue weighted by molar-refractivity contribution is 5.99. The molecule has 0 heterocycles. The third-order valence-electron chi connectivity index (χ3n) is 2.94. The van der Waals surface area contributed by atoms with Crippen LogP contribution in [0.5, 0.6) is 0 Å². The SMILES string of the molecule is Cc1c(F)c([N+](=O)[O-])cc2c1CCCC2=O. The van der Waals surface area contributed by atoms with Crippen LogP contribution in [0, 0.1) is 22.9 Å². The Morgan fingerprint density at radius 1 is 1.44 bits per heavy atom. The number of nitro groups is 1. The summed E-state index contributed by atoms with van der Waals surface area (Å²) in [7, 11) is 0. The lowest BCUT2D eigenvalue weighted by atomic mass is 9.87. The summed E-state index contributed by atoms with van der Waals surface area (Å²) >= 11 is 0. The van der Waals surface area contributed by atoms with E-state index in [1.54, 1.807) is 0 Å². The molecule has 2 rings (SSSR count). The summed E-state index contributed by atoms with van der Waals surface area (Å²) in [6.45, 7) is 1.49. The lowest BCUT2D eigenvalue weighted by Gasteiger charge is -2.17. The maximum Gasteiger partial charge on any atom is 0.305 e. The van der Waals surface area contributed by atoms with Gasteiger partial charge in [-0.1, -0.05) is 0 Å². The zero-order valence-corrected chi connectivity index (χ0v) is 8.75. The molecule has 1 aromatic rings. The van der Waals surface area contributed by atoms with Crippen LogP contribution in [0.4, 0.5) is 10.1 Å². The van der Waals surface area contributed by atoms with Gasteiger partial charge in [-0.2, -0.15) is 4.39 Å². The molecule has 0 fully saturated rings. The third kappa shape index (κ3) is 1.48. The van der Waals surface area contributed by atoms with Crippen LogP contribution in [-0.4, -0.2) is 10.7 Å². The minimum absolute atomic E-state index is 0.132. The van der Waals surface area contributed by atoms with Gasteiger partial charge in [0.05, 0.1) is 4.92 Å². The van der Waals surface area contributed by atoms with Crippen molar-refractivity contribution < 1.29 is 14.1 Å². The topological polar surface area (TPSA) is 60.2 Å². The summed E-state index contributed by atoms with van der Waals surface area (Å²) in [4.78, 5) is 21.4. The number of hydrogen-bond acceptors (Lipinski definition) is 3. The minimum Gasteiger partial charge on any atom is -0.294 e. The molecule has 0 radical (unpaired) electrons. The van der Waals surface area contributed by atoms with Gasteiger partial charge in [-0.25, -0.2) is 0 Å². The Balaban J connectivity index is 2.71. The van der Waals surface area contributed by atoms with Crippen molar-refractivity contribution >= 4 is 11.5 Å². The minimum atomic E-state index is -0.821. The van der Waals surface area contributed by atoms with Crippen LogP contribution >= 0.6 is 0 Å². The Morgan fingerprint density at radius 2 is 2.12 bits per heavy atom. The van der Waals surface area contributed by atoms with Gasteiger partial charge in [-0.3, -0.25) is 14.9 Å². The van der Waals surface area contributed by atoms with Crippen LogP contribution in [-0.2, 0) is 6.42 Å². The van der Waals surface area contributed by atoms with Gasteiger partial charge in [0.15, 0.2) is 5.78 Å². The molecule has 0 N–H and O–H groups in total. The van der Waals surface area contributed by atoms with E-state index in [9.17, 15) is 19.3 Å². The van der Waals surface area contributed by atoms with Gasteiger partial charge in [-0.05, 0) is 30.9 Å². The maximum absolute atomic E-state index is 13.6. The third-order valence-corrected chi connectivity index (χ3v) is 2.94. The lowest BCUT2D eigenvalue weighted by Crippen LogP contribution is -2.14. The number of fused-ring (bicyclic) bond motifs is 1. The number of carbonyl (C=O) groups excluding carboxylic acids is 1. The number of hydrogen-bond donors (Lipinski definition) is 0. The van der Waals surface area contributed by atoms with Crippen molar-refractivity contribution in [1.29, 1.82) is 0 Å². The molecule has 1 aliphatic carbocycles. The Bertz CT molecular complexity index is 496. The number of carbonyl (C=O) groups is 1. The molecule has 0 unspecified atom stereocenters. The lowest BCUT2D eigenvalue weighted by molar-refractivity contribution is -0.387. The number of nitrogens with zero attached hydrogens (tertiary/aromatic N) is 1. The van der Waals surface area contributed by atoms with Crippen molar-refractivity contribution in [2.75, 3.05) is 0 Å². The molecule has 4 nitrogen and oxygen atoms in total. The van der Waals surface area contributed by atoms with E-state index >= 15 is 0 Å². The van der Waals surface area contributed by atoms with Crippen LogP contribution < -0.4 is 0 Å². The van der Waals surface area contributed by atoms with E-state index in [-0.39, 0.29) is 11.3 Å². The highest BCUT2D eigenvalue weighted by Crippen LogP contribution is 2.31. The number of Topliss-reactive ketones (excluding diaryl/α,β-unsaturated/α-hetero) is 1. The second-order valence-corrected chi connectivity index (χ2v) is 3.89. The zero-order chi connectivity index (χ0) is 11.9. The average molecular weight is 223 g/mol. The summed E-state index contributed by atoms with van der Waals surface area (Å²) in [6.07, 6.45) is 1.68. The second kappa shape index (κ2) is 3.66. The molecule has 1 aromatic carbocycles. The fourth-order valence-electron chi connectivity index (χ4n) is 2.08. The van der Waals surface area contributed by atoms with E-state index in [1.807, 2.05) is 0 Å². The van der Waals surface area contributed by atoms with Crippen molar-refractivity contribution in [2.45, 2.75) is 26.2 Å². The summed E-state index contributed by atoms with van der Waals surface area (Å²) < 4.78 is 13.6. The number of ketones is 1. The van der Waals surface area contributed by atoms with E-state index in [2.05, 4.69) is 0 Å². The molecule has 0 saturated heterocycles. The van der Waals surface area contributed by atoms with Crippen molar-refractivity contribution in [3.05, 3.63) is 38.7 Å². The Labute approximate surface area is 91.2 Å². The Hall–Kier alpha value is -1.78. The van der Waals surface area contributed by atoms with Crippen LogP contribution in [0.1, 0.15) is 34.3 Å². The summed E-state index contributed by atoms with van der Waals surface area (Å²) in [5, 5.41) is 10.6. The molecule has 16 heavy (non-hydrogen) atoms. The molecule has 0 spiro atoms. The first-order valence-corrected chi connectivity index (χ1v) is 5.02. The predicted molar refractivity (Wildman–Crippen MR) is 55.1 cm³/mol. The molecule has 5 heteroatoms. The number of halogens is 1. The molecule has 84 valence electrons. The molecule has 0 bridgehead atoms. The van der Waals surface area contributed by atoms with Crippen LogP contribution in [0.25, 0.3) is 0 Å². The fourth-order valence-corrected chi connectivity index (χ4v) is 2.08. The van der Waals surface area contributed by atoms with Crippen LogP contribution in [0.2, 0.25) is 0 Å². The summed E-state index contributed by atoms with van der Waals surface area (Å²) in [5.74, 6) is -0.953. The van der Waals surface area contributed by atoms with Gasteiger partial charge in [-0.15, -0.1) is 0 Å². The van der Waals surface area contributed by atoms with E-state index in [1.165, 1.54) is 6.92 Å². The molecule has 0 amide bonds. The molecule has 0 aliphatic heterocycles. The van der Waals surface area contributed by atoms with Gasteiger partial charge in [0.25, 0.3) is 0 Å². The fraction of sp³-hybridized carbons (Fsp3) is 0.364. The van der Waals surface area contributed by atoms with Gasteiger partial charge in [0.2, 0.25) is 5.82 Å². The number of benzene rings is 1. The highest BCUT2D eigenvalue weighted by atomic mass is 19.1. The monoisotopic (exact) mass is 223 g/mol. The van der Waals surface area contributed by atoms with Gasteiger partial charge in [0.1, 0.15) is 0 Å². The quantitative estimate of drug-likeness (QED) is 0.543. The average Bonchev–Trinajstić information content (AvgIpc) is 2.23. The Morgan fingerprint density at radius 3 is 2.75 bits per heavy atom.